The summed E-state index contributed by atoms with van der Waals surface area (Å²) in [6.45, 7) is 4.37. The summed E-state index contributed by atoms with van der Waals surface area (Å²) in [4.78, 5) is 0. The van der Waals surface area contributed by atoms with Crippen LogP contribution in [0.3, 0.4) is 0 Å². The zero-order valence-corrected chi connectivity index (χ0v) is 16.4. The van der Waals surface area contributed by atoms with Gasteiger partial charge >= 0.3 is 0 Å². The van der Waals surface area contributed by atoms with Gasteiger partial charge in [-0.05, 0) is 37.6 Å². The van der Waals surface area contributed by atoms with Crippen LogP contribution in [-0.4, -0.2) is 14.8 Å². The van der Waals surface area contributed by atoms with E-state index in [9.17, 15) is 4.39 Å². The molecule has 1 heterocycles. The molecule has 0 N–H and O–H groups in total. The second-order valence-electron chi connectivity index (χ2n) is 6.00. The van der Waals surface area contributed by atoms with Crippen LogP contribution in [0.25, 0.3) is 0 Å². The van der Waals surface area contributed by atoms with Gasteiger partial charge in [0.15, 0.2) is 11.0 Å². The highest BCUT2D eigenvalue weighted by Gasteiger charge is 2.13. The molecule has 2 aromatic carbocycles. The molecule has 0 aliphatic carbocycles. The maximum atomic E-state index is 13.9. The van der Waals surface area contributed by atoms with Crippen LogP contribution in [0.15, 0.2) is 41.6 Å². The Morgan fingerprint density at radius 1 is 1.19 bits per heavy atom. The van der Waals surface area contributed by atoms with Crippen molar-refractivity contribution in [3.8, 4) is 5.75 Å². The van der Waals surface area contributed by atoms with E-state index in [0.29, 0.717) is 33.9 Å². The zero-order chi connectivity index (χ0) is 18.7. The Morgan fingerprint density at radius 2 is 2.00 bits per heavy atom. The maximum Gasteiger partial charge on any atom is 0.191 e. The Morgan fingerprint density at radius 3 is 2.73 bits per heavy atom. The summed E-state index contributed by atoms with van der Waals surface area (Å²) in [5, 5.41) is 9.44. The first-order valence-electron chi connectivity index (χ1n) is 8.09. The Kier molecular flexibility index (Phi) is 5.84. The molecular formula is C19H19ClFN3OS. The van der Waals surface area contributed by atoms with Crippen molar-refractivity contribution >= 4 is 23.4 Å². The Balaban J connectivity index is 1.66. The fourth-order valence-electron chi connectivity index (χ4n) is 2.51. The highest BCUT2D eigenvalue weighted by atomic mass is 35.5. The van der Waals surface area contributed by atoms with Crippen LogP contribution in [-0.2, 0) is 19.4 Å². The van der Waals surface area contributed by atoms with Gasteiger partial charge in [0.25, 0.3) is 0 Å². The molecule has 3 aromatic rings. The number of halogens is 2. The van der Waals surface area contributed by atoms with Crippen molar-refractivity contribution < 1.29 is 9.13 Å². The summed E-state index contributed by atoms with van der Waals surface area (Å²) in [5.74, 6) is 1.60. The molecule has 0 aliphatic rings. The van der Waals surface area contributed by atoms with E-state index in [0.717, 1.165) is 11.3 Å². The molecule has 26 heavy (non-hydrogen) atoms. The Hall–Kier alpha value is -2.05. The van der Waals surface area contributed by atoms with Crippen molar-refractivity contribution in [2.75, 3.05) is 0 Å². The molecule has 0 fully saturated rings. The molecule has 7 heteroatoms. The van der Waals surface area contributed by atoms with Crippen LogP contribution in [0, 0.1) is 19.7 Å². The minimum atomic E-state index is -0.314. The van der Waals surface area contributed by atoms with Crippen molar-refractivity contribution in [1.29, 1.82) is 0 Å². The average Bonchev–Trinajstić information content (AvgIpc) is 2.94. The Bertz CT molecular complexity index is 909. The largest absolute Gasteiger partial charge is 0.485 e. The van der Waals surface area contributed by atoms with E-state index in [1.54, 1.807) is 12.1 Å². The molecule has 0 saturated heterocycles. The van der Waals surface area contributed by atoms with Gasteiger partial charge in [-0.2, -0.15) is 0 Å². The molecule has 0 atom stereocenters. The number of aromatic nitrogens is 3. The van der Waals surface area contributed by atoms with Gasteiger partial charge in [-0.1, -0.05) is 47.1 Å². The van der Waals surface area contributed by atoms with Crippen LogP contribution < -0.4 is 4.74 Å². The average molecular weight is 392 g/mol. The van der Waals surface area contributed by atoms with Gasteiger partial charge in [0.05, 0.1) is 0 Å². The first-order valence-corrected chi connectivity index (χ1v) is 9.46. The van der Waals surface area contributed by atoms with Gasteiger partial charge in [0.1, 0.15) is 18.2 Å². The quantitative estimate of drug-likeness (QED) is 0.548. The molecule has 0 radical (unpaired) electrons. The molecule has 0 spiro atoms. The molecule has 4 nitrogen and oxygen atoms in total. The molecule has 0 unspecified atom stereocenters. The summed E-state index contributed by atoms with van der Waals surface area (Å²) in [6, 6.07) is 10.7. The third-order valence-corrected chi connectivity index (χ3v) is 5.42. The lowest BCUT2D eigenvalue weighted by molar-refractivity contribution is 0.288. The summed E-state index contributed by atoms with van der Waals surface area (Å²) < 4.78 is 21.6. The smallest absolute Gasteiger partial charge is 0.191 e. The van der Waals surface area contributed by atoms with Crippen molar-refractivity contribution in [3.05, 3.63) is 69.8 Å². The number of benzene rings is 2. The molecule has 1 aromatic heterocycles. The summed E-state index contributed by atoms with van der Waals surface area (Å²) in [7, 11) is 1.87. The monoisotopic (exact) mass is 391 g/mol. The van der Waals surface area contributed by atoms with Gasteiger partial charge in [0, 0.05) is 23.4 Å². The zero-order valence-electron chi connectivity index (χ0n) is 14.8. The number of rotatable bonds is 6. The van der Waals surface area contributed by atoms with Gasteiger partial charge in [-0.3, -0.25) is 0 Å². The number of hydrogen-bond donors (Lipinski definition) is 0. The molecule has 0 amide bonds. The van der Waals surface area contributed by atoms with Crippen LogP contribution in [0.4, 0.5) is 4.39 Å². The number of thioether (sulfide) groups is 1. The van der Waals surface area contributed by atoms with E-state index < -0.39 is 0 Å². The predicted octanol–water partition coefficient (Wildman–Crippen LogP) is 5.10. The van der Waals surface area contributed by atoms with E-state index in [1.165, 1.54) is 23.4 Å². The van der Waals surface area contributed by atoms with E-state index in [2.05, 4.69) is 16.3 Å². The maximum absolute atomic E-state index is 13.9. The van der Waals surface area contributed by atoms with Gasteiger partial charge in [0.2, 0.25) is 0 Å². The van der Waals surface area contributed by atoms with Gasteiger partial charge in [-0.15, -0.1) is 10.2 Å². The second-order valence-corrected chi connectivity index (χ2v) is 7.35. The van der Waals surface area contributed by atoms with Gasteiger partial charge in [-0.25, -0.2) is 4.39 Å². The standard InChI is InChI=1S/C19H19ClFN3OS/c1-12-7-8-17(13(2)9-12)25-10-18-22-23-19(24(18)3)26-11-14-15(20)5-4-6-16(14)21/h4-9H,10-11H2,1-3H3. The van der Waals surface area contributed by atoms with Crippen LogP contribution in [0.1, 0.15) is 22.5 Å². The SMILES string of the molecule is Cc1ccc(OCc2nnc(SCc3c(F)cccc3Cl)n2C)c(C)c1. The number of ether oxygens (including phenoxy) is 1. The minimum absolute atomic E-state index is 0.314. The molecular weight excluding hydrogens is 373 g/mol. The summed E-state index contributed by atoms with van der Waals surface area (Å²) in [6.07, 6.45) is 0. The second kappa shape index (κ2) is 8.10. The normalized spacial score (nSPS) is 11.0. The van der Waals surface area contributed by atoms with Crippen LogP contribution in [0.2, 0.25) is 5.02 Å². The number of hydrogen-bond acceptors (Lipinski definition) is 4. The highest BCUT2D eigenvalue weighted by Crippen LogP contribution is 2.28. The van der Waals surface area contributed by atoms with Crippen molar-refractivity contribution in [3.63, 3.8) is 0 Å². The fraction of sp³-hybridized carbons (Fsp3) is 0.263. The lowest BCUT2D eigenvalue weighted by atomic mass is 10.1. The predicted molar refractivity (Wildman–Crippen MR) is 102 cm³/mol. The fourth-order valence-corrected chi connectivity index (χ4v) is 3.78. The molecule has 0 saturated carbocycles. The number of aryl methyl sites for hydroxylation is 2. The summed E-state index contributed by atoms with van der Waals surface area (Å²) in [5.41, 5.74) is 2.74. The first kappa shape index (κ1) is 18.7. The third-order valence-electron chi connectivity index (χ3n) is 4.02. The Labute approximate surface area is 161 Å². The molecule has 0 bridgehead atoms. The molecule has 3 rings (SSSR count). The topological polar surface area (TPSA) is 39.9 Å². The van der Waals surface area contributed by atoms with Crippen molar-refractivity contribution in [1.82, 2.24) is 14.8 Å². The molecule has 0 aliphatic heterocycles. The lowest BCUT2D eigenvalue weighted by Crippen LogP contribution is -2.05. The van der Waals surface area contributed by atoms with Crippen LogP contribution >= 0.6 is 23.4 Å². The van der Waals surface area contributed by atoms with Crippen LogP contribution in [0.5, 0.6) is 5.75 Å². The third kappa shape index (κ3) is 4.19. The summed E-state index contributed by atoms with van der Waals surface area (Å²) >= 11 is 7.45. The van der Waals surface area contributed by atoms with E-state index >= 15 is 0 Å². The molecule has 136 valence electrons. The van der Waals surface area contributed by atoms with Crippen molar-refractivity contribution in [2.45, 2.75) is 31.4 Å². The van der Waals surface area contributed by atoms with E-state index in [1.807, 2.05) is 37.6 Å². The highest BCUT2D eigenvalue weighted by molar-refractivity contribution is 7.98. The van der Waals surface area contributed by atoms with E-state index in [-0.39, 0.29) is 5.82 Å². The minimum Gasteiger partial charge on any atom is -0.485 e. The van der Waals surface area contributed by atoms with Crippen molar-refractivity contribution in [2.24, 2.45) is 7.05 Å². The van der Waals surface area contributed by atoms with E-state index in [4.69, 9.17) is 16.3 Å². The number of nitrogens with zero attached hydrogens (tertiary/aromatic N) is 3. The lowest BCUT2D eigenvalue weighted by Gasteiger charge is -2.10. The van der Waals surface area contributed by atoms with Gasteiger partial charge < -0.3 is 9.30 Å². The first-order chi connectivity index (χ1) is 12.5.